The van der Waals surface area contributed by atoms with Crippen molar-refractivity contribution in [3.63, 3.8) is 0 Å². The van der Waals surface area contributed by atoms with Crippen molar-refractivity contribution in [2.75, 3.05) is 0 Å². The lowest BCUT2D eigenvalue weighted by atomic mass is 10.1. The molecule has 0 unspecified atom stereocenters. The largest absolute Gasteiger partial charge is 0.232 e. The highest BCUT2D eigenvalue weighted by atomic mass is 127. The molecule has 1 fully saturated rings. The molecule has 1 aromatic carbocycles. The fourth-order valence-electron chi connectivity index (χ4n) is 2.46. The van der Waals surface area contributed by atoms with Gasteiger partial charge in [-0.1, -0.05) is 43.6 Å². The average Bonchev–Trinajstić information content (AvgIpc) is 3.28. The van der Waals surface area contributed by atoms with E-state index in [1.54, 1.807) is 0 Å². The van der Waals surface area contributed by atoms with Gasteiger partial charge in [0.05, 0.1) is 9.26 Å². The molecule has 0 amide bonds. The standard InChI is InChI=1S/C17H18ClIN2/c1-10(2)8-14-15(19)16(18)21-17(20-14)13-5-3-4-12(9-13)11-6-7-11/h3-5,9-11H,6-8H2,1-2H3. The molecular weight excluding hydrogens is 395 g/mol. The van der Waals surface area contributed by atoms with Crippen LogP contribution >= 0.6 is 34.2 Å². The molecule has 4 heteroatoms. The number of halogens is 2. The second kappa shape index (κ2) is 6.21. The van der Waals surface area contributed by atoms with Crippen molar-refractivity contribution >= 4 is 34.2 Å². The van der Waals surface area contributed by atoms with Crippen LogP contribution in [0.3, 0.4) is 0 Å². The zero-order valence-electron chi connectivity index (χ0n) is 12.2. The second-order valence-electron chi connectivity index (χ2n) is 6.10. The Bertz CT molecular complexity index is 666. The van der Waals surface area contributed by atoms with E-state index < -0.39 is 0 Å². The molecule has 0 bridgehead atoms. The fraction of sp³-hybridized carbons (Fsp3) is 0.412. The Morgan fingerprint density at radius 3 is 2.71 bits per heavy atom. The Morgan fingerprint density at radius 1 is 1.29 bits per heavy atom. The van der Waals surface area contributed by atoms with Crippen LogP contribution in [0.25, 0.3) is 11.4 Å². The Balaban J connectivity index is 2.01. The molecule has 0 spiro atoms. The molecule has 21 heavy (non-hydrogen) atoms. The van der Waals surface area contributed by atoms with E-state index in [2.05, 4.69) is 65.7 Å². The topological polar surface area (TPSA) is 25.8 Å². The van der Waals surface area contributed by atoms with Crippen LogP contribution in [0.15, 0.2) is 24.3 Å². The summed E-state index contributed by atoms with van der Waals surface area (Å²) in [5.74, 6) is 2.04. The highest BCUT2D eigenvalue weighted by Gasteiger charge is 2.24. The SMILES string of the molecule is CC(C)Cc1nc(-c2cccc(C3CC3)c2)nc(Cl)c1I. The summed E-state index contributed by atoms with van der Waals surface area (Å²) in [6.07, 6.45) is 3.53. The number of aromatic nitrogens is 2. The maximum absolute atomic E-state index is 6.31. The molecule has 0 aliphatic heterocycles. The van der Waals surface area contributed by atoms with Gasteiger partial charge in [-0.15, -0.1) is 0 Å². The van der Waals surface area contributed by atoms with Crippen LogP contribution in [0.4, 0.5) is 0 Å². The summed E-state index contributed by atoms with van der Waals surface area (Å²) >= 11 is 8.55. The third-order valence-corrected chi connectivity index (χ3v) is 5.40. The molecule has 2 nitrogen and oxygen atoms in total. The van der Waals surface area contributed by atoms with Gasteiger partial charge in [-0.25, -0.2) is 9.97 Å². The van der Waals surface area contributed by atoms with Gasteiger partial charge in [-0.3, -0.25) is 0 Å². The van der Waals surface area contributed by atoms with Crippen molar-refractivity contribution < 1.29 is 0 Å². The van der Waals surface area contributed by atoms with Crippen molar-refractivity contribution in [3.8, 4) is 11.4 Å². The zero-order chi connectivity index (χ0) is 15.0. The van der Waals surface area contributed by atoms with Crippen molar-refractivity contribution in [1.29, 1.82) is 0 Å². The van der Waals surface area contributed by atoms with E-state index in [-0.39, 0.29) is 0 Å². The minimum Gasteiger partial charge on any atom is -0.232 e. The van der Waals surface area contributed by atoms with Crippen molar-refractivity contribution in [2.45, 2.75) is 39.0 Å². The predicted octanol–water partition coefficient (Wildman–Crippen LogP) is 5.48. The first-order valence-corrected chi connectivity index (χ1v) is 8.82. The van der Waals surface area contributed by atoms with Crippen molar-refractivity contribution in [1.82, 2.24) is 9.97 Å². The molecule has 1 heterocycles. The van der Waals surface area contributed by atoms with E-state index in [0.29, 0.717) is 11.1 Å². The number of hydrogen-bond acceptors (Lipinski definition) is 2. The lowest BCUT2D eigenvalue weighted by Crippen LogP contribution is -2.04. The van der Waals surface area contributed by atoms with Crippen LogP contribution in [-0.2, 0) is 6.42 Å². The van der Waals surface area contributed by atoms with Gasteiger partial charge < -0.3 is 0 Å². The summed E-state index contributed by atoms with van der Waals surface area (Å²) < 4.78 is 0.977. The smallest absolute Gasteiger partial charge is 0.161 e. The molecule has 110 valence electrons. The van der Waals surface area contributed by atoms with Gasteiger partial charge in [-0.05, 0) is 65.3 Å². The summed E-state index contributed by atoms with van der Waals surface area (Å²) in [5.41, 5.74) is 3.52. The molecule has 1 saturated carbocycles. The fourth-order valence-corrected chi connectivity index (χ4v) is 3.11. The molecule has 0 N–H and O–H groups in total. The Morgan fingerprint density at radius 2 is 2.05 bits per heavy atom. The highest BCUT2D eigenvalue weighted by molar-refractivity contribution is 14.1. The first kappa shape index (κ1) is 15.2. The van der Waals surface area contributed by atoms with Crippen LogP contribution in [0.5, 0.6) is 0 Å². The summed E-state index contributed by atoms with van der Waals surface area (Å²) in [7, 11) is 0. The van der Waals surface area contributed by atoms with Gasteiger partial charge in [0.25, 0.3) is 0 Å². The van der Waals surface area contributed by atoms with E-state index >= 15 is 0 Å². The van der Waals surface area contributed by atoms with Crippen molar-refractivity contribution in [3.05, 3.63) is 44.2 Å². The normalized spacial score (nSPS) is 14.7. The molecule has 0 saturated heterocycles. The highest BCUT2D eigenvalue weighted by Crippen LogP contribution is 2.41. The lowest BCUT2D eigenvalue weighted by Gasteiger charge is -2.11. The van der Waals surface area contributed by atoms with Crippen LogP contribution in [0, 0.1) is 9.49 Å². The summed E-state index contributed by atoms with van der Waals surface area (Å²) in [4.78, 5) is 9.24. The number of nitrogens with zero attached hydrogens (tertiary/aromatic N) is 2. The number of benzene rings is 1. The molecule has 0 radical (unpaired) electrons. The number of hydrogen-bond donors (Lipinski definition) is 0. The van der Waals surface area contributed by atoms with Crippen LogP contribution in [0.2, 0.25) is 5.15 Å². The maximum Gasteiger partial charge on any atom is 0.161 e. The van der Waals surface area contributed by atoms with E-state index in [0.717, 1.165) is 33.0 Å². The Hall–Kier alpha value is -0.680. The number of rotatable bonds is 4. The molecule has 1 aliphatic carbocycles. The lowest BCUT2D eigenvalue weighted by molar-refractivity contribution is 0.632. The molecule has 2 aromatic rings. The third-order valence-electron chi connectivity index (χ3n) is 3.67. The quantitative estimate of drug-likeness (QED) is 0.491. The molecule has 1 aromatic heterocycles. The summed E-state index contributed by atoms with van der Waals surface area (Å²) in [6.45, 7) is 4.39. The maximum atomic E-state index is 6.31. The van der Waals surface area contributed by atoms with Gasteiger partial charge >= 0.3 is 0 Å². The van der Waals surface area contributed by atoms with E-state index in [1.165, 1.54) is 18.4 Å². The van der Waals surface area contributed by atoms with E-state index in [9.17, 15) is 0 Å². The van der Waals surface area contributed by atoms with Crippen LogP contribution < -0.4 is 0 Å². The zero-order valence-corrected chi connectivity index (χ0v) is 15.1. The second-order valence-corrected chi connectivity index (χ2v) is 7.53. The first-order valence-electron chi connectivity index (χ1n) is 7.37. The summed E-state index contributed by atoms with van der Waals surface area (Å²) in [5, 5.41) is 0.563. The monoisotopic (exact) mass is 412 g/mol. The van der Waals surface area contributed by atoms with Crippen LogP contribution in [-0.4, -0.2) is 9.97 Å². The van der Waals surface area contributed by atoms with Gasteiger partial charge in [0.15, 0.2) is 5.82 Å². The van der Waals surface area contributed by atoms with Gasteiger partial charge in [0.1, 0.15) is 5.15 Å². The van der Waals surface area contributed by atoms with Gasteiger partial charge in [-0.2, -0.15) is 0 Å². The average molecular weight is 413 g/mol. The minimum absolute atomic E-state index is 0.551. The minimum atomic E-state index is 0.551. The summed E-state index contributed by atoms with van der Waals surface area (Å²) in [6, 6.07) is 8.59. The third kappa shape index (κ3) is 3.57. The first-order chi connectivity index (χ1) is 10.0. The predicted molar refractivity (Wildman–Crippen MR) is 95.7 cm³/mol. The molecule has 3 rings (SSSR count). The molecule has 0 atom stereocenters. The molecule has 1 aliphatic rings. The van der Waals surface area contributed by atoms with Crippen molar-refractivity contribution in [2.24, 2.45) is 5.92 Å². The van der Waals surface area contributed by atoms with Crippen LogP contribution in [0.1, 0.15) is 43.9 Å². The molecular formula is C17H18ClIN2. The van der Waals surface area contributed by atoms with Gasteiger partial charge in [0.2, 0.25) is 0 Å². The Kier molecular flexibility index (Phi) is 4.50. The Labute approximate surface area is 144 Å². The van der Waals surface area contributed by atoms with Gasteiger partial charge in [0, 0.05) is 5.56 Å². The van der Waals surface area contributed by atoms with E-state index in [1.807, 2.05) is 0 Å². The van der Waals surface area contributed by atoms with E-state index in [4.69, 9.17) is 16.6 Å².